The normalized spacial score (nSPS) is 12.8. The first-order chi connectivity index (χ1) is 10.7. The van der Waals surface area contributed by atoms with Crippen LogP contribution in [-0.2, 0) is 12.4 Å². The van der Waals surface area contributed by atoms with Crippen molar-refractivity contribution in [2.24, 2.45) is 0 Å². The van der Waals surface area contributed by atoms with Gasteiger partial charge in [-0.2, -0.15) is 31.1 Å². The van der Waals surface area contributed by atoms with Gasteiger partial charge in [0.2, 0.25) is 0 Å². The molecule has 0 unspecified atom stereocenters. The van der Waals surface area contributed by atoms with E-state index in [4.69, 9.17) is 0 Å². The molecule has 0 radical (unpaired) electrons. The number of benzene rings is 2. The lowest BCUT2D eigenvalue weighted by Crippen LogP contribution is -2.06. The van der Waals surface area contributed by atoms with E-state index in [1.54, 1.807) is 0 Å². The van der Waals surface area contributed by atoms with Crippen molar-refractivity contribution in [1.29, 1.82) is 0 Å². The third-order valence-corrected chi connectivity index (χ3v) is 3.14. The van der Waals surface area contributed by atoms with Crippen molar-refractivity contribution in [2.75, 3.05) is 0 Å². The van der Waals surface area contributed by atoms with Gasteiger partial charge in [-0.1, -0.05) is 6.07 Å². The highest BCUT2D eigenvalue weighted by Crippen LogP contribution is 2.34. The molecule has 3 nitrogen and oxygen atoms in total. The first-order valence-electron chi connectivity index (χ1n) is 6.27. The van der Waals surface area contributed by atoms with Crippen molar-refractivity contribution in [3.8, 4) is 5.69 Å². The van der Waals surface area contributed by atoms with Crippen LogP contribution in [0.4, 0.5) is 26.3 Å². The van der Waals surface area contributed by atoms with Crippen LogP contribution in [0.5, 0.6) is 0 Å². The summed E-state index contributed by atoms with van der Waals surface area (Å²) < 4.78 is 76.3. The maximum atomic E-state index is 12.9. The fourth-order valence-corrected chi connectivity index (χ4v) is 2.06. The summed E-state index contributed by atoms with van der Waals surface area (Å²) in [6.45, 7) is 0. The molecule has 0 atom stereocenters. The summed E-state index contributed by atoms with van der Waals surface area (Å²) in [6.07, 6.45) is -9.09. The Morgan fingerprint density at radius 3 is 1.96 bits per heavy atom. The first kappa shape index (κ1) is 15.3. The Hall–Kier alpha value is -2.58. The van der Waals surface area contributed by atoms with Gasteiger partial charge in [0, 0.05) is 0 Å². The topological polar surface area (TPSA) is 30.7 Å². The molecule has 0 fully saturated rings. The zero-order chi connectivity index (χ0) is 16.8. The van der Waals surface area contributed by atoms with Crippen molar-refractivity contribution < 1.29 is 26.3 Å². The second kappa shape index (κ2) is 4.97. The van der Waals surface area contributed by atoms with Gasteiger partial charge >= 0.3 is 12.4 Å². The summed E-state index contributed by atoms with van der Waals surface area (Å²) in [5.41, 5.74) is -2.05. The van der Waals surface area contributed by atoms with E-state index in [1.165, 1.54) is 12.1 Å². The molecular weight excluding hydrogens is 324 g/mol. The van der Waals surface area contributed by atoms with E-state index in [0.717, 1.165) is 35.1 Å². The lowest BCUT2D eigenvalue weighted by molar-refractivity contribution is -0.138. The maximum absolute atomic E-state index is 12.9. The molecule has 0 saturated heterocycles. The molecule has 120 valence electrons. The highest BCUT2D eigenvalue weighted by Gasteiger charge is 2.34. The van der Waals surface area contributed by atoms with Gasteiger partial charge in [0.05, 0.1) is 16.8 Å². The number of fused-ring (bicyclic) bond motifs is 1. The van der Waals surface area contributed by atoms with Crippen LogP contribution in [0, 0.1) is 0 Å². The summed E-state index contributed by atoms with van der Waals surface area (Å²) in [4.78, 5) is 0.875. The Bertz CT molecular complexity index is 846. The van der Waals surface area contributed by atoms with E-state index in [9.17, 15) is 26.3 Å². The molecule has 1 aromatic heterocycles. The fraction of sp³-hybridized carbons (Fsp3) is 0.143. The molecule has 0 aliphatic heterocycles. The number of rotatable bonds is 1. The molecule has 0 spiro atoms. The number of aromatic nitrogens is 3. The highest BCUT2D eigenvalue weighted by atomic mass is 19.4. The van der Waals surface area contributed by atoms with Crippen LogP contribution in [0.2, 0.25) is 0 Å². The van der Waals surface area contributed by atoms with Gasteiger partial charge in [-0.05, 0) is 36.4 Å². The molecule has 3 aromatic rings. The summed E-state index contributed by atoms with van der Waals surface area (Å²) in [5, 5.41) is 7.62. The largest absolute Gasteiger partial charge is 0.418 e. The molecular formula is C14H7F6N3. The van der Waals surface area contributed by atoms with Gasteiger partial charge < -0.3 is 0 Å². The molecule has 23 heavy (non-hydrogen) atoms. The molecule has 9 heteroatoms. The summed E-state index contributed by atoms with van der Waals surface area (Å²) >= 11 is 0. The number of hydrogen-bond acceptors (Lipinski definition) is 2. The third-order valence-electron chi connectivity index (χ3n) is 3.14. The number of alkyl halides is 6. The zero-order valence-electron chi connectivity index (χ0n) is 11.2. The quantitative estimate of drug-likeness (QED) is 0.617. The van der Waals surface area contributed by atoms with Crippen LogP contribution < -0.4 is 0 Å². The summed E-state index contributed by atoms with van der Waals surface area (Å²) in [5.74, 6) is 0. The molecule has 2 aromatic carbocycles. The van der Waals surface area contributed by atoms with Crippen molar-refractivity contribution >= 4 is 11.0 Å². The molecule has 0 bridgehead atoms. The molecule has 0 N–H and O–H groups in total. The van der Waals surface area contributed by atoms with Gasteiger partial charge in [-0.15, -0.1) is 10.2 Å². The Morgan fingerprint density at radius 2 is 1.39 bits per heavy atom. The van der Waals surface area contributed by atoms with E-state index < -0.39 is 23.5 Å². The highest BCUT2D eigenvalue weighted by molar-refractivity contribution is 5.78. The molecule has 1 heterocycles. The van der Waals surface area contributed by atoms with E-state index in [1.807, 2.05) is 0 Å². The van der Waals surface area contributed by atoms with Crippen LogP contribution >= 0.6 is 0 Å². The Kier molecular flexibility index (Phi) is 3.31. The smallest absolute Gasteiger partial charge is 0.166 e. The van der Waals surface area contributed by atoms with Crippen LogP contribution in [0.15, 0.2) is 42.5 Å². The molecule has 0 aliphatic carbocycles. The Balaban J connectivity index is 2.08. The molecule has 3 rings (SSSR count). The Labute approximate surface area is 125 Å². The first-order valence-corrected chi connectivity index (χ1v) is 6.27. The number of hydrogen-bond donors (Lipinski definition) is 0. The second-order valence-corrected chi connectivity index (χ2v) is 4.71. The van der Waals surface area contributed by atoms with Crippen molar-refractivity contribution in [3.05, 3.63) is 53.6 Å². The minimum Gasteiger partial charge on any atom is -0.166 e. The summed E-state index contributed by atoms with van der Waals surface area (Å²) in [6, 6.07) is 7.22. The Morgan fingerprint density at radius 1 is 0.739 bits per heavy atom. The van der Waals surface area contributed by atoms with Crippen molar-refractivity contribution in [2.45, 2.75) is 12.4 Å². The summed E-state index contributed by atoms with van der Waals surface area (Å²) in [7, 11) is 0. The van der Waals surface area contributed by atoms with Gasteiger partial charge in [0.25, 0.3) is 0 Å². The van der Waals surface area contributed by atoms with E-state index in [-0.39, 0.29) is 16.7 Å². The standard InChI is InChI=1S/C14H7F6N3/c15-13(16,17)8-4-6-9(7-5-8)23-21-11-3-1-2-10(12(11)22-23)14(18,19)20/h1-7H. The molecule has 0 aliphatic rings. The van der Waals surface area contributed by atoms with Crippen LogP contribution in [0.25, 0.3) is 16.7 Å². The lowest BCUT2D eigenvalue weighted by atomic mass is 10.2. The predicted molar refractivity (Wildman–Crippen MR) is 68.9 cm³/mol. The van der Waals surface area contributed by atoms with Gasteiger partial charge in [0.1, 0.15) is 11.0 Å². The SMILES string of the molecule is FC(F)(F)c1ccc(-n2nc3cccc(C(F)(F)F)c3n2)cc1. The molecule has 0 amide bonds. The van der Waals surface area contributed by atoms with Crippen molar-refractivity contribution in [1.82, 2.24) is 15.0 Å². The van der Waals surface area contributed by atoms with E-state index >= 15 is 0 Å². The third kappa shape index (κ3) is 2.86. The maximum Gasteiger partial charge on any atom is 0.418 e. The van der Waals surface area contributed by atoms with Crippen LogP contribution in [0.3, 0.4) is 0 Å². The fourth-order valence-electron chi connectivity index (χ4n) is 2.06. The lowest BCUT2D eigenvalue weighted by Gasteiger charge is -2.07. The number of halogens is 6. The van der Waals surface area contributed by atoms with E-state index in [0.29, 0.717) is 0 Å². The van der Waals surface area contributed by atoms with Crippen LogP contribution in [-0.4, -0.2) is 15.0 Å². The van der Waals surface area contributed by atoms with Gasteiger partial charge in [-0.25, -0.2) is 0 Å². The average Bonchev–Trinajstić information content (AvgIpc) is 2.89. The van der Waals surface area contributed by atoms with Crippen molar-refractivity contribution in [3.63, 3.8) is 0 Å². The molecule has 0 saturated carbocycles. The second-order valence-electron chi connectivity index (χ2n) is 4.71. The zero-order valence-corrected chi connectivity index (χ0v) is 11.2. The minimum absolute atomic E-state index is 0.000257. The van der Waals surface area contributed by atoms with Gasteiger partial charge in [-0.3, -0.25) is 0 Å². The monoisotopic (exact) mass is 331 g/mol. The average molecular weight is 331 g/mol. The van der Waals surface area contributed by atoms with E-state index in [2.05, 4.69) is 10.2 Å². The predicted octanol–water partition coefficient (Wildman–Crippen LogP) is 4.46. The van der Waals surface area contributed by atoms with Crippen LogP contribution in [0.1, 0.15) is 11.1 Å². The minimum atomic E-state index is -4.60. The van der Waals surface area contributed by atoms with Gasteiger partial charge in [0.15, 0.2) is 0 Å². The number of nitrogens with zero attached hydrogens (tertiary/aromatic N) is 3.